The molecule has 1 fully saturated rings. The molecule has 3 rings (SSSR count). The van der Waals surface area contributed by atoms with Gasteiger partial charge in [0.1, 0.15) is 5.37 Å². The third-order valence-corrected chi connectivity index (χ3v) is 5.21. The van der Waals surface area contributed by atoms with Crippen LogP contribution in [0, 0.1) is 0 Å². The maximum absolute atomic E-state index is 12.4. The molecule has 2 heterocycles. The lowest BCUT2D eigenvalue weighted by atomic mass is 10.00. The van der Waals surface area contributed by atoms with Crippen LogP contribution in [-0.2, 0) is 20.7 Å². The van der Waals surface area contributed by atoms with Gasteiger partial charge in [-0.15, -0.1) is 0 Å². The van der Waals surface area contributed by atoms with Crippen LogP contribution in [0.1, 0.15) is 12.5 Å². The Balaban J connectivity index is 1.73. The highest BCUT2D eigenvalue weighted by Gasteiger charge is 2.56. The van der Waals surface area contributed by atoms with Crippen LogP contribution in [0.3, 0.4) is 0 Å². The van der Waals surface area contributed by atoms with E-state index in [0.29, 0.717) is 12.0 Å². The van der Waals surface area contributed by atoms with Crippen LogP contribution in [0.2, 0.25) is 0 Å². The molecule has 1 saturated heterocycles. The Morgan fingerprint density at radius 3 is 2.74 bits per heavy atom. The predicted molar refractivity (Wildman–Crippen MR) is 90.2 cm³/mol. The standard InChI is InChI=1S/C17H18N2O3S/c1-10(2)14(17(21)22-3)19-15(20)13-16(19)23-12(18-13)9-11-7-5-4-6-8-11/h4-8,13-14,16H,1,9H2,2-3H3. The molecule has 3 atom stereocenters. The molecule has 0 spiro atoms. The van der Waals surface area contributed by atoms with Gasteiger partial charge in [-0.25, -0.2) is 4.79 Å². The van der Waals surface area contributed by atoms with Crippen LogP contribution in [0.25, 0.3) is 0 Å². The Kier molecular flexibility index (Phi) is 4.26. The summed E-state index contributed by atoms with van der Waals surface area (Å²) >= 11 is 1.55. The zero-order chi connectivity index (χ0) is 16.6. The molecule has 3 unspecified atom stereocenters. The number of likely N-dealkylation sites (tertiary alicyclic amines) is 1. The highest BCUT2D eigenvalue weighted by molar-refractivity contribution is 8.14. The lowest BCUT2D eigenvalue weighted by Crippen LogP contribution is -2.66. The fourth-order valence-corrected chi connectivity index (χ4v) is 4.18. The summed E-state index contributed by atoms with van der Waals surface area (Å²) < 4.78 is 4.81. The van der Waals surface area contributed by atoms with Gasteiger partial charge < -0.3 is 9.64 Å². The van der Waals surface area contributed by atoms with Crippen molar-refractivity contribution in [1.82, 2.24) is 4.90 Å². The van der Waals surface area contributed by atoms with Crippen LogP contribution < -0.4 is 0 Å². The number of nitrogens with zero attached hydrogens (tertiary/aromatic N) is 2. The van der Waals surface area contributed by atoms with Gasteiger partial charge in [0.15, 0.2) is 12.1 Å². The normalized spacial score (nSPS) is 23.7. The first-order valence-electron chi connectivity index (χ1n) is 7.35. The van der Waals surface area contributed by atoms with Gasteiger partial charge in [-0.3, -0.25) is 9.79 Å². The van der Waals surface area contributed by atoms with E-state index in [9.17, 15) is 9.59 Å². The molecule has 0 aliphatic carbocycles. The third kappa shape index (κ3) is 2.79. The number of thioether (sulfide) groups is 1. The summed E-state index contributed by atoms with van der Waals surface area (Å²) in [6.45, 7) is 5.55. The van der Waals surface area contributed by atoms with Gasteiger partial charge in [0.25, 0.3) is 5.91 Å². The molecule has 23 heavy (non-hydrogen) atoms. The second-order valence-electron chi connectivity index (χ2n) is 5.66. The van der Waals surface area contributed by atoms with Gasteiger partial charge in [0.05, 0.1) is 12.2 Å². The minimum absolute atomic E-state index is 0.135. The van der Waals surface area contributed by atoms with Crippen molar-refractivity contribution in [2.75, 3.05) is 7.11 Å². The molecular formula is C17H18N2O3S. The highest BCUT2D eigenvalue weighted by Crippen LogP contribution is 2.42. The molecule has 0 N–H and O–H groups in total. The molecule has 0 radical (unpaired) electrons. The second kappa shape index (κ2) is 6.20. The Morgan fingerprint density at radius 1 is 1.43 bits per heavy atom. The summed E-state index contributed by atoms with van der Waals surface area (Å²) in [4.78, 5) is 30.4. The molecule has 1 amide bonds. The molecular weight excluding hydrogens is 312 g/mol. The number of benzene rings is 1. The van der Waals surface area contributed by atoms with Crippen molar-refractivity contribution in [3.63, 3.8) is 0 Å². The number of carbonyl (C=O) groups is 2. The first kappa shape index (κ1) is 15.8. The van der Waals surface area contributed by atoms with E-state index in [1.165, 1.54) is 7.11 Å². The van der Waals surface area contributed by atoms with Crippen LogP contribution in [0.5, 0.6) is 0 Å². The number of rotatable bonds is 5. The van der Waals surface area contributed by atoms with Crippen molar-refractivity contribution in [3.8, 4) is 0 Å². The first-order valence-corrected chi connectivity index (χ1v) is 8.23. The number of hydrogen-bond donors (Lipinski definition) is 0. The van der Waals surface area contributed by atoms with Crippen LogP contribution in [0.4, 0.5) is 0 Å². The van der Waals surface area contributed by atoms with Gasteiger partial charge in [0, 0.05) is 6.42 Å². The fourth-order valence-electron chi connectivity index (χ4n) is 2.83. The number of carbonyl (C=O) groups excluding carboxylic acids is 2. The van der Waals surface area contributed by atoms with E-state index in [4.69, 9.17) is 4.74 Å². The Bertz CT molecular complexity index is 686. The number of hydrogen-bond acceptors (Lipinski definition) is 5. The number of ether oxygens (including phenoxy) is 1. The number of methoxy groups -OCH3 is 1. The van der Waals surface area contributed by atoms with E-state index in [1.807, 2.05) is 30.3 Å². The first-order chi connectivity index (χ1) is 11.0. The topological polar surface area (TPSA) is 59.0 Å². The van der Waals surface area contributed by atoms with E-state index < -0.39 is 12.0 Å². The van der Waals surface area contributed by atoms with Crippen LogP contribution in [-0.4, -0.2) is 46.4 Å². The average Bonchev–Trinajstić information content (AvgIpc) is 2.91. The van der Waals surface area contributed by atoms with E-state index in [2.05, 4.69) is 11.6 Å². The molecule has 6 heteroatoms. The lowest BCUT2D eigenvalue weighted by molar-refractivity contribution is -0.159. The van der Waals surface area contributed by atoms with E-state index in [-0.39, 0.29) is 17.3 Å². The van der Waals surface area contributed by atoms with Gasteiger partial charge in [0.2, 0.25) is 0 Å². The molecule has 0 aromatic heterocycles. The quantitative estimate of drug-likeness (QED) is 0.471. The number of β-lactam (4-membered cyclic amide) rings is 1. The van der Waals surface area contributed by atoms with Crippen molar-refractivity contribution in [1.29, 1.82) is 0 Å². The number of fused-ring (bicyclic) bond motifs is 1. The Hall–Kier alpha value is -2.08. The summed E-state index contributed by atoms with van der Waals surface area (Å²) in [7, 11) is 1.32. The van der Waals surface area contributed by atoms with E-state index in [0.717, 1.165) is 10.6 Å². The van der Waals surface area contributed by atoms with Gasteiger partial charge in [-0.1, -0.05) is 48.7 Å². The third-order valence-electron chi connectivity index (χ3n) is 3.96. The minimum atomic E-state index is -0.729. The number of amides is 1. The smallest absolute Gasteiger partial charge is 0.332 e. The van der Waals surface area contributed by atoms with Gasteiger partial charge in [-0.2, -0.15) is 0 Å². The zero-order valence-electron chi connectivity index (χ0n) is 13.1. The molecule has 1 aromatic rings. The summed E-state index contributed by atoms with van der Waals surface area (Å²) in [5, 5.41) is 0.786. The number of esters is 1. The lowest BCUT2D eigenvalue weighted by Gasteiger charge is -2.45. The summed E-state index contributed by atoms with van der Waals surface area (Å²) in [5.74, 6) is -0.592. The second-order valence-corrected chi connectivity index (χ2v) is 6.85. The molecule has 120 valence electrons. The minimum Gasteiger partial charge on any atom is -0.467 e. The van der Waals surface area contributed by atoms with Gasteiger partial charge in [-0.05, 0) is 18.1 Å². The number of aliphatic imine (C=N–C) groups is 1. The van der Waals surface area contributed by atoms with Gasteiger partial charge >= 0.3 is 5.97 Å². The van der Waals surface area contributed by atoms with Crippen molar-refractivity contribution < 1.29 is 14.3 Å². The zero-order valence-corrected chi connectivity index (χ0v) is 13.9. The summed E-state index contributed by atoms with van der Waals surface area (Å²) in [5.41, 5.74) is 1.75. The maximum atomic E-state index is 12.4. The summed E-state index contributed by atoms with van der Waals surface area (Å²) in [6.07, 6.45) is 0.704. The highest BCUT2D eigenvalue weighted by atomic mass is 32.2. The van der Waals surface area contributed by atoms with E-state index in [1.54, 1.807) is 23.6 Å². The van der Waals surface area contributed by atoms with Crippen LogP contribution in [0.15, 0.2) is 47.5 Å². The largest absolute Gasteiger partial charge is 0.467 e. The average molecular weight is 330 g/mol. The van der Waals surface area contributed by atoms with Crippen molar-refractivity contribution in [2.24, 2.45) is 4.99 Å². The van der Waals surface area contributed by atoms with E-state index >= 15 is 0 Å². The fraction of sp³-hybridized carbons (Fsp3) is 0.353. The van der Waals surface area contributed by atoms with Crippen molar-refractivity contribution in [2.45, 2.75) is 30.8 Å². The van der Waals surface area contributed by atoms with Crippen molar-refractivity contribution in [3.05, 3.63) is 48.0 Å². The maximum Gasteiger partial charge on any atom is 0.332 e. The molecule has 1 aromatic carbocycles. The van der Waals surface area contributed by atoms with Crippen molar-refractivity contribution >= 4 is 28.7 Å². The molecule has 2 aliphatic rings. The SMILES string of the molecule is C=C(C)C(C(=O)OC)N1C(=O)C2N=C(Cc3ccccc3)SC21. The summed E-state index contributed by atoms with van der Waals surface area (Å²) in [6, 6.07) is 8.89. The monoisotopic (exact) mass is 330 g/mol. The van der Waals surface area contributed by atoms with Crippen LogP contribution >= 0.6 is 11.8 Å². The predicted octanol–water partition coefficient (Wildman–Crippen LogP) is 2.03. The molecule has 5 nitrogen and oxygen atoms in total. The molecule has 2 aliphatic heterocycles. The Labute approximate surface area is 139 Å². The molecule has 0 bridgehead atoms. The molecule has 0 saturated carbocycles. The Morgan fingerprint density at radius 2 is 2.13 bits per heavy atom.